The van der Waals surface area contributed by atoms with E-state index in [-0.39, 0.29) is 47.2 Å². The van der Waals surface area contributed by atoms with Gasteiger partial charge in [0, 0.05) is 10.8 Å². The van der Waals surface area contributed by atoms with Crippen molar-refractivity contribution in [2.45, 2.75) is 235 Å². The van der Waals surface area contributed by atoms with Crippen LogP contribution < -0.4 is 0 Å². The van der Waals surface area contributed by atoms with E-state index in [1.807, 2.05) is 20.8 Å². The van der Waals surface area contributed by atoms with Gasteiger partial charge in [0.15, 0.2) is 18.9 Å². The lowest BCUT2D eigenvalue weighted by molar-refractivity contribution is -0.381. The van der Waals surface area contributed by atoms with Gasteiger partial charge in [-0.1, -0.05) is 60.1 Å². The SMILES string of the molecule is CC1(C)CC2C3=CCC4C5(C)CCC(OC6CC(C(=O)O)C(O)C(O)C6OC6OC(CO)C(O)C(O)C6OC6OC(CO)C(O)C(O)C6O)C(C)(CO)C5CCC4(C)C3(C)CCC2(C)C(OC2OCC(O)C(O)C2O)C1O. The number of rotatable bonds is 12. The summed E-state index contributed by atoms with van der Waals surface area (Å²) in [5, 5.41) is 163. The van der Waals surface area contributed by atoms with Crippen LogP contribution in [0.2, 0.25) is 0 Å². The highest BCUT2D eigenvalue weighted by Crippen LogP contribution is 2.76. The number of allylic oxidation sites excluding steroid dienone is 2. The van der Waals surface area contributed by atoms with Crippen molar-refractivity contribution >= 4 is 5.97 Å². The van der Waals surface area contributed by atoms with E-state index in [4.69, 9.17) is 33.2 Å². The fourth-order valence-electron chi connectivity index (χ4n) is 16.9. The topological polar surface area (TPSA) is 385 Å². The Bertz CT molecular complexity index is 2130. The van der Waals surface area contributed by atoms with Crippen LogP contribution in [0.4, 0.5) is 0 Å². The summed E-state index contributed by atoms with van der Waals surface area (Å²) < 4.78 is 42.9. The van der Waals surface area contributed by atoms with Crippen molar-refractivity contribution in [1.29, 1.82) is 0 Å². The molecule has 0 bridgehead atoms. The second kappa shape index (κ2) is 21.5. The molecule has 15 N–H and O–H groups in total. The Kier molecular flexibility index (Phi) is 16.8. The molecule has 23 heteroatoms. The first-order valence-electron chi connectivity index (χ1n) is 27.8. The maximum atomic E-state index is 12.7. The van der Waals surface area contributed by atoms with Gasteiger partial charge in [0.25, 0.3) is 0 Å². The molecule has 0 radical (unpaired) electrons. The fraction of sp³-hybridized carbons (Fsp3) is 0.944. The van der Waals surface area contributed by atoms with Gasteiger partial charge in [-0.2, -0.15) is 0 Å². The Morgan fingerprint density at radius 3 is 1.87 bits per heavy atom. The number of hydrogen-bond donors (Lipinski definition) is 15. The van der Waals surface area contributed by atoms with Gasteiger partial charge in [-0.3, -0.25) is 4.79 Å². The summed E-state index contributed by atoms with van der Waals surface area (Å²) in [4.78, 5) is 12.7. The molecule has 9 aliphatic rings. The Morgan fingerprint density at radius 1 is 0.623 bits per heavy atom. The van der Waals surface area contributed by atoms with Crippen molar-refractivity contribution in [3.63, 3.8) is 0 Å². The molecule has 77 heavy (non-hydrogen) atoms. The molecule has 3 heterocycles. The minimum Gasteiger partial charge on any atom is -0.481 e. The minimum atomic E-state index is -1.98. The zero-order chi connectivity index (χ0) is 56.4. The molecule has 23 nitrogen and oxygen atoms in total. The number of hydrogen-bond acceptors (Lipinski definition) is 22. The van der Waals surface area contributed by atoms with Gasteiger partial charge in [0.1, 0.15) is 79.4 Å². The Morgan fingerprint density at radius 2 is 1.23 bits per heavy atom. The Labute approximate surface area is 448 Å². The van der Waals surface area contributed by atoms with Gasteiger partial charge in [0.2, 0.25) is 0 Å². The fourth-order valence-corrected chi connectivity index (χ4v) is 16.9. The molecular weight excluding hydrogens is 1020 g/mol. The number of carbonyl (C=O) groups is 1. The normalized spacial score (nSPS) is 55.7. The molecule has 30 atom stereocenters. The molecule has 5 saturated carbocycles. The van der Waals surface area contributed by atoms with Gasteiger partial charge in [-0.15, -0.1) is 0 Å². The van der Waals surface area contributed by atoms with Crippen LogP contribution in [-0.4, -0.2) is 238 Å². The Balaban J connectivity index is 0.984. The van der Waals surface area contributed by atoms with Crippen molar-refractivity contribution in [2.24, 2.45) is 56.2 Å². The monoisotopic (exact) mass is 1100 g/mol. The second-order valence-electron chi connectivity index (χ2n) is 26.4. The highest BCUT2D eigenvalue weighted by Gasteiger charge is 2.71. The molecule has 442 valence electrons. The summed E-state index contributed by atoms with van der Waals surface area (Å²) in [6, 6.07) is 0. The number of ether oxygens (including phenoxy) is 7. The highest BCUT2D eigenvalue weighted by molar-refractivity contribution is 5.71. The molecule has 6 aliphatic carbocycles. The van der Waals surface area contributed by atoms with Crippen LogP contribution in [-0.2, 0) is 38.0 Å². The van der Waals surface area contributed by atoms with Gasteiger partial charge < -0.3 is 110 Å². The van der Waals surface area contributed by atoms with E-state index in [0.717, 1.165) is 19.3 Å². The lowest BCUT2D eigenvalue weighted by Crippen LogP contribution is -2.68. The number of aliphatic carboxylic acids is 1. The summed E-state index contributed by atoms with van der Waals surface area (Å²) in [7, 11) is 0. The summed E-state index contributed by atoms with van der Waals surface area (Å²) >= 11 is 0. The first-order chi connectivity index (χ1) is 36.0. The standard InChI is InChI=1S/C54H88O23/c1-49(2)17-24-23-8-9-30-51(4)12-11-31(52(5,21-57)29(51)10-13-54(30,7)53(23,6)15-14-50(24,3)44(43(49)68)77-46-39(66)33(60)25(58)20-71-46)72-26-16-22(45(69)70)32(59)37(64)41(26)75-48-42(38(65)35(62)28(19-56)74-48)76-47-40(67)36(63)34(61)27(18-55)73-47/h8,22,24-44,46-48,55-68H,9-21H2,1-7H3,(H,69,70). The maximum Gasteiger partial charge on any atom is 0.309 e. The number of aliphatic hydroxyl groups excluding tert-OH is 14. The molecule has 3 aliphatic heterocycles. The minimum absolute atomic E-state index is 0.0263. The zero-order valence-corrected chi connectivity index (χ0v) is 45.2. The Hall–Kier alpha value is -1.63. The van der Waals surface area contributed by atoms with Crippen molar-refractivity contribution in [3.8, 4) is 0 Å². The third kappa shape index (κ3) is 9.51. The molecule has 8 fully saturated rings. The summed E-state index contributed by atoms with van der Waals surface area (Å²) in [6.45, 7) is 13.0. The molecule has 0 aromatic heterocycles. The first kappa shape index (κ1) is 60.0. The lowest BCUT2D eigenvalue weighted by Gasteiger charge is -2.72. The van der Waals surface area contributed by atoms with E-state index in [1.54, 1.807) is 0 Å². The zero-order valence-electron chi connectivity index (χ0n) is 45.2. The van der Waals surface area contributed by atoms with E-state index in [2.05, 4.69) is 33.8 Å². The van der Waals surface area contributed by atoms with E-state index in [0.29, 0.717) is 32.1 Å². The van der Waals surface area contributed by atoms with Crippen molar-refractivity contribution < 1.29 is 115 Å². The van der Waals surface area contributed by atoms with Crippen LogP contribution in [0.15, 0.2) is 11.6 Å². The van der Waals surface area contributed by atoms with Crippen molar-refractivity contribution in [1.82, 2.24) is 0 Å². The number of carboxylic acid groups (broad SMARTS) is 1. The number of aliphatic hydroxyl groups is 14. The van der Waals surface area contributed by atoms with Gasteiger partial charge >= 0.3 is 5.97 Å². The largest absolute Gasteiger partial charge is 0.481 e. The van der Waals surface area contributed by atoms with Crippen LogP contribution in [0.1, 0.15) is 106 Å². The lowest BCUT2D eigenvalue weighted by atomic mass is 9.33. The summed E-state index contributed by atoms with van der Waals surface area (Å²) in [5.74, 6) is -3.03. The van der Waals surface area contributed by atoms with E-state index >= 15 is 0 Å². The van der Waals surface area contributed by atoms with E-state index < -0.39 is 177 Å². The van der Waals surface area contributed by atoms with Crippen LogP contribution in [0, 0.1) is 56.2 Å². The summed E-state index contributed by atoms with van der Waals surface area (Å²) in [6.07, 6.45) is -25.5. The van der Waals surface area contributed by atoms with Crippen LogP contribution in [0.3, 0.4) is 0 Å². The number of fused-ring (bicyclic) bond motifs is 7. The first-order valence-corrected chi connectivity index (χ1v) is 27.8. The average Bonchev–Trinajstić information content (AvgIpc) is 3.52. The maximum absolute atomic E-state index is 12.7. The van der Waals surface area contributed by atoms with Crippen LogP contribution in [0.25, 0.3) is 0 Å². The molecule has 0 aromatic carbocycles. The molecule has 30 unspecified atom stereocenters. The third-order valence-electron chi connectivity index (χ3n) is 22.0. The third-order valence-corrected chi connectivity index (χ3v) is 22.0. The number of carboxylic acids is 1. The van der Waals surface area contributed by atoms with Crippen LogP contribution in [0.5, 0.6) is 0 Å². The molecule has 3 saturated heterocycles. The predicted octanol–water partition coefficient (Wildman–Crippen LogP) is -2.23. The van der Waals surface area contributed by atoms with E-state index in [9.17, 15) is 81.4 Å². The molecule has 0 spiro atoms. The van der Waals surface area contributed by atoms with Crippen molar-refractivity contribution in [3.05, 3.63) is 11.6 Å². The molecule has 0 amide bonds. The quantitative estimate of drug-likeness (QED) is 0.0920. The second-order valence-corrected chi connectivity index (χ2v) is 26.4. The summed E-state index contributed by atoms with van der Waals surface area (Å²) in [5.41, 5.74) is -1.77. The van der Waals surface area contributed by atoms with Crippen LogP contribution >= 0.6 is 0 Å². The van der Waals surface area contributed by atoms with Gasteiger partial charge in [0.05, 0.1) is 62.9 Å². The smallest absolute Gasteiger partial charge is 0.309 e. The van der Waals surface area contributed by atoms with Crippen molar-refractivity contribution in [2.75, 3.05) is 26.4 Å². The van der Waals surface area contributed by atoms with Gasteiger partial charge in [-0.25, -0.2) is 0 Å². The molecule has 9 rings (SSSR count). The molecular formula is C54H88O23. The van der Waals surface area contributed by atoms with Gasteiger partial charge in [-0.05, 0) is 97.2 Å². The van der Waals surface area contributed by atoms with E-state index in [1.165, 1.54) is 5.57 Å². The highest BCUT2D eigenvalue weighted by atomic mass is 16.8. The molecule has 0 aromatic rings. The predicted molar refractivity (Wildman–Crippen MR) is 263 cm³/mol. The average molecular weight is 1110 g/mol.